The second-order valence-corrected chi connectivity index (χ2v) is 14.9. The van der Waals surface area contributed by atoms with Gasteiger partial charge in [-0.15, -0.1) is 0 Å². The van der Waals surface area contributed by atoms with Crippen molar-refractivity contribution >= 4 is 25.7 Å². The molecule has 304 valence electrons. The predicted molar refractivity (Wildman–Crippen MR) is 202 cm³/mol. The van der Waals surface area contributed by atoms with E-state index in [0.29, 0.717) is 12.8 Å². The van der Waals surface area contributed by atoms with Gasteiger partial charge in [-0.1, -0.05) is 168 Å². The number of rotatable bonds is 36. The maximum Gasteiger partial charge on any atom is 0.469 e. The lowest BCUT2D eigenvalue weighted by atomic mass is 10.0. The van der Waals surface area contributed by atoms with Crippen LogP contribution in [0.4, 0.5) is 0 Å². The van der Waals surface area contributed by atoms with Crippen LogP contribution in [0.3, 0.4) is 0 Å². The monoisotopic (exact) mass is 754 g/mol. The van der Waals surface area contributed by atoms with Crippen LogP contribution in [0.25, 0.3) is 0 Å². The van der Waals surface area contributed by atoms with E-state index in [2.05, 4.69) is 18.4 Å². The Labute approximate surface area is 309 Å². The number of hydrogen-bond acceptors (Lipinski definition) is 9. The number of unbranched alkanes of at least 4 members (excludes halogenated alkanes) is 24. The van der Waals surface area contributed by atoms with E-state index in [1.807, 2.05) is 0 Å². The number of ether oxygens (including phenoxy) is 2. The maximum absolute atomic E-state index is 12.1. The Balaban J connectivity index is 0. The molecule has 0 spiro atoms. The first-order valence-electron chi connectivity index (χ1n) is 20.1. The summed E-state index contributed by atoms with van der Waals surface area (Å²) in [5.41, 5.74) is 4.86. The Kier molecular flexibility index (Phi) is 38.6. The number of aliphatic hydroxyl groups is 1. The third-order valence-electron chi connectivity index (χ3n) is 8.64. The zero-order valence-electron chi connectivity index (χ0n) is 32.2. The largest absolute Gasteiger partial charge is 0.480 e. The van der Waals surface area contributed by atoms with E-state index < -0.39 is 32.5 Å². The molecule has 0 amide bonds. The van der Waals surface area contributed by atoms with Gasteiger partial charge in [-0.2, -0.15) is 0 Å². The summed E-state index contributed by atoms with van der Waals surface area (Å²) in [6, 6.07) is -1.41. The fourth-order valence-electron chi connectivity index (χ4n) is 5.45. The third-order valence-corrected chi connectivity index (χ3v) is 9.13. The van der Waals surface area contributed by atoms with Crippen molar-refractivity contribution in [1.29, 1.82) is 0 Å². The van der Waals surface area contributed by atoms with Crippen molar-refractivity contribution < 1.29 is 52.9 Å². The van der Waals surface area contributed by atoms with Gasteiger partial charge in [-0.25, -0.2) is 4.57 Å². The van der Waals surface area contributed by atoms with Crippen LogP contribution in [-0.4, -0.2) is 69.9 Å². The fraction of sp³-hybridized carbons (Fsp3) is 0.921. The number of aliphatic hydroxyl groups excluding tert-OH is 1. The van der Waals surface area contributed by atoms with Crippen LogP contribution in [0, 0.1) is 0 Å². The van der Waals surface area contributed by atoms with Gasteiger partial charge in [0.2, 0.25) is 0 Å². The second kappa shape index (κ2) is 38.2. The van der Waals surface area contributed by atoms with Crippen molar-refractivity contribution in [1.82, 2.24) is 0 Å². The van der Waals surface area contributed by atoms with Crippen LogP contribution in [0.15, 0.2) is 0 Å². The average molecular weight is 754 g/mol. The minimum atomic E-state index is -4.60. The first-order valence-corrected chi connectivity index (χ1v) is 21.6. The van der Waals surface area contributed by atoms with E-state index in [1.165, 1.54) is 135 Å². The Morgan fingerprint density at radius 2 is 0.902 bits per heavy atom. The number of esters is 2. The Hall–Kier alpha value is -1.56. The summed E-state index contributed by atoms with van der Waals surface area (Å²) < 4.78 is 24.4. The lowest BCUT2D eigenvalue weighted by Gasteiger charge is -2.15. The zero-order chi connectivity index (χ0) is 38.4. The molecule has 13 heteroatoms. The summed E-state index contributed by atoms with van der Waals surface area (Å²) in [6.45, 7) is 3.43. The number of nitrogens with two attached hydrogens (primary N) is 1. The zero-order valence-corrected chi connectivity index (χ0v) is 33.1. The predicted octanol–water partition coefficient (Wildman–Crippen LogP) is 8.90. The van der Waals surface area contributed by atoms with E-state index in [1.54, 1.807) is 0 Å². The molecule has 6 N–H and O–H groups in total. The molecule has 0 bridgehead atoms. The lowest BCUT2D eigenvalue weighted by molar-refractivity contribution is -0.161. The smallest absolute Gasteiger partial charge is 0.469 e. The van der Waals surface area contributed by atoms with Gasteiger partial charge in [0.05, 0.1) is 13.2 Å². The molecule has 0 aliphatic rings. The number of carbonyl (C=O) groups excluding carboxylic acids is 2. The summed E-state index contributed by atoms with van der Waals surface area (Å²) in [5, 5.41) is 17.6. The van der Waals surface area contributed by atoms with E-state index >= 15 is 0 Å². The van der Waals surface area contributed by atoms with Crippen LogP contribution in [0.5, 0.6) is 0 Å². The molecule has 0 aromatic carbocycles. The molecule has 0 aliphatic heterocycles. The molecule has 0 unspecified atom stereocenters. The lowest BCUT2D eigenvalue weighted by Crippen LogP contribution is -2.34. The molecule has 51 heavy (non-hydrogen) atoms. The van der Waals surface area contributed by atoms with Crippen LogP contribution in [0.1, 0.15) is 194 Å². The molecule has 0 radical (unpaired) electrons. The first kappa shape index (κ1) is 51.5. The standard InChI is InChI=1S/C35H68O5.C3H8NO6P/c1-3-5-7-9-11-13-15-17-19-21-23-25-27-29-34(37)39-32-33(31-36)40-35(38)30-28-26-24-22-20-18-16-14-12-10-8-6-4-2;4-2(3(5)6)1-10-11(7,8)9/h33,36H,3-32H2,1-2H3;2H,1,4H2,(H,5,6)(H2,7,8,9)/t33-;2-/m00/s1. The number of carboxylic acid groups (broad SMARTS) is 1. The third kappa shape index (κ3) is 42.7. The van der Waals surface area contributed by atoms with Crippen molar-refractivity contribution in [3.63, 3.8) is 0 Å². The molecule has 2 atom stereocenters. The van der Waals surface area contributed by atoms with Gasteiger partial charge in [0.1, 0.15) is 12.6 Å². The highest BCUT2D eigenvalue weighted by Gasteiger charge is 2.19. The van der Waals surface area contributed by atoms with Crippen molar-refractivity contribution in [2.45, 2.75) is 206 Å². The molecule has 0 aromatic heterocycles. The van der Waals surface area contributed by atoms with Crippen LogP contribution in [-0.2, 0) is 32.9 Å². The molecule has 0 saturated heterocycles. The summed E-state index contributed by atoms with van der Waals surface area (Å²) in [4.78, 5) is 50.2. The minimum absolute atomic E-state index is 0.0574. The molecular weight excluding hydrogens is 677 g/mol. The topological polar surface area (TPSA) is 203 Å². The molecule has 0 saturated carbocycles. The van der Waals surface area contributed by atoms with Crippen molar-refractivity contribution in [3.8, 4) is 0 Å². The van der Waals surface area contributed by atoms with Crippen LogP contribution in [0.2, 0.25) is 0 Å². The molecule has 12 nitrogen and oxygen atoms in total. The average Bonchev–Trinajstić information content (AvgIpc) is 3.09. The normalized spacial score (nSPS) is 12.5. The molecule has 0 aromatic rings. The molecule has 0 fully saturated rings. The van der Waals surface area contributed by atoms with Gasteiger partial charge < -0.3 is 35.2 Å². The first-order chi connectivity index (χ1) is 24.5. The van der Waals surface area contributed by atoms with Crippen molar-refractivity contribution in [2.24, 2.45) is 5.73 Å². The van der Waals surface area contributed by atoms with Crippen molar-refractivity contribution in [3.05, 3.63) is 0 Å². The van der Waals surface area contributed by atoms with Gasteiger partial charge in [-0.05, 0) is 12.8 Å². The SMILES string of the molecule is CCCCCCCCCCCCCCCC(=O)OC[C@H](CO)OC(=O)CCCCCCCCCCCCCCC.N[C@@H](COP(=O)(O)O)C(=O)O. The van der Waals surface area contributed by atoms with E-state index in [0.717, 1.165) is 32.1 Å². The minimum Gasteiger partial charge on any atom is -0.480 e. The van der Waals surface area contributed by atoms with E-state index in [-0.39, 0.29) is 25.2 Å². The Morgan fingerprint density at radius 1 is 0.569 bits per heavy atom. The summed E-state index contributed by atoms with van der Waals surface area (Å²) in [6.07, 6.45) is 32.9. The van der Waals surface area contributed by atoms with Crippen LogP contribution >= 0.6 is 7.82 Å². The number of aliphatic carboxylic acids is 1. The Bertz CT molecular complexity index is 856. The maximum atomic E-state index is 12.1. The van der Waals surface area contributed by atoms with Gasteiger partial charge in [0, 0.05) is 12.8 Å². The van der Waals surface area contributed by atoms with Gasteiger partial charge >= 0.3 is 25.7 Å². The number of carboxylic acids is 1. The highest BCUT2D eigenvalue weighted by atomic mass is 31.2. The highest BCUT2D eigenvalue weighted by molar-refractivity contribution is 7.46. The Morgan fingerprint density at radius 3 is 1.22 bits per heavy atom. The van der Waals surface area contributed by atoms with E-state index in [4.69, 9.17) is 30.1 Å². The summed E-state index contributed by atoms with van der Waals surface area (Å²) >= 11 is 0. The summed E-state index contributed by atoms with van der Waals surface area (Å²) in [5.74, 6) is -1.96. The number of phosphoric acid groups is 1. The molecular formula is C38H76NO11P. The molecule has 0 aliphatic carbocycles. The van der Waals surface area contributed by atoms with Crippen molar-refractivity contribution in [2.75, 3.05) is 19.8 Å². The molecule has 0 heterocycles. The van der Waals surface area contributed by atoms with Gasteiger partial charge in [0.25, 0.3) is 0 Å². The highest BCUT2D eigenvalue weighted by Crippen LogP contribution is 2.35. The van der Waals surface area contributed by atoms with Gasteiger partial charge in [-0.3, -0.25) is 18.9 Å². The summed E-state index contributed by atoms with van der Waals surface area (Å²) in [7, 11) is -4.60. The van der Waals surface area contributed by atoms with Gasteiger partial charge in [0.15, 0.2) is 6.10 Å². The fourth-order valence-corrected chi connectivity index (χ4v) is 5.80. The number of hydrogen-bond donors (Lipinski definition) is 5. The van der Waals surface area contributed by atoms with Crippen LogP contribution < -0.4 is 5.73 Å². The number of phosphoric ester groups is 1. The quantitative estimate of drug-likeness (QED) is 0.0231. The second-order valence-electron chi connectivity index (χ2n) is 13.7. The van der Waals surface area contributed by atoms with E-state index in [9.17, 15) is 24.1 Å². The number of carbonyl (C=O) groups is 3. The molecule has 0 rings (SSSR count).